The normalized spacial score (nSPS) is 17.9. The molecule has 0 aliphatic carbocycles. The summed E-state index contributed by atoms with van der Waals surface area (Å²) in [5.74, 6) is -0.535. The Kier molecular flexibility index (Phi) is 2.81. The molecule has 0 unspecified atom stereocenters. The van der Waals surface area contributed by atoms with Crippen LogP contribution < -0.4 is 15.0 Å². The summed E-state index contributed by atoms with van der Waals surface area (Å²) in [4.78, 5) is 38.2. The van der Waals surface area contributed by atoms with E-state index in [9.17, 15) is 14.4 Å². The average molecular weight is 322 g/mol. The largest absolute Gasteiger partial charge is 0.476 e. The monoisotopic (exact) mass is 322 g/mol. The fraction of sp³-hybridized carbons (Fsp3) is 0.167. The number of imide groups is 1. The van der Waals surface area contributed by atoms with E-state index < -0.39 is 5.60 Å². The number of carbonyl (C=O) groups is 3. The van der Waals surface area contributed by atoms with E-state index in [4.69, 9.17) is 4.74 Å². The Labute approximate surface area is 138 Å². The topological polar surface area (TPSA) is 75.7 Å². The second-order valence-corrected chi connectivity index (χ2v) is 6.24. The fourth-order valence-corrected chi connectivity index (χ4v) is 2.86. The number of carbonyl (C=O) groups excluding carboxylic acids is 3. The van der Waals surface area contributed by atoms with Gasteiger partial charge < -0.3 is 10.1 Å². The minimum atomic E-state index is -0.968. The van der Waals surface area contributed by atoms with Crippen LogP contribution in [0.15, 0.2) is 42.5 Å². The van der Waals surface area contributed by atoms with E-state index in [1.54, 1.807) is 56.3 Å². The number of ether oxygens (including phenoxy) is 1. The molecule has 2 aromatic rings. The minimum absolute atomic E-state index is 0.283. The highest BCUT2D eigenvalue weighted by Crippen LogP contribution is 2.38. The number of fused-ring (bicyclic) bond motifs is 2. The van der Waals surface area contributed by atoms with E-state index in [1.165, 1.54) is 0 Å². The van der Waals surface area contributed by atoms with Crippen LogP contribution in [0.4, 0.5) is 11.4 Å². The summed E-state index contributed by atoms with van der Waals surface area (Å²) in [5, 5.41) is 2.75. The molecule has 120 valence electrons. The lowest BCUT2D eigenvalue weighted by atomic mass is 10.1. The first-order chi connectivity index (χ1) is 11.4. The SMILES string of the molecule is CC1(C)Oc2ccc(N3C(=O)c4ccccc4C3=O)cc2NC1=O. The van der Waals surface area contributed by atoms with Crippen molar-refractivity contribution in [3.05, 3.63) is 53.6 Å². The highest BCUT2D eigenvalue weighted by atomic mass is 16.5. The Morgan fingerprint density at radius 1 is 0.958 bits per heavy atom. The molecule has 2 aliphatic heterocycles. The molecule has 4 rings (SSSR count). The van der Waals surface area contributed by atoms with Gasteiger partial charge in [0.25, 0.3) is 17.7 Å². The van der Waals surface area contributed by atoms with Crippen molar-refractivity contribution in [1.82, 2.24) is 0 Å². The molecule has 3 amide bonds. The van der Waals surface area contributed by atoms with E-state index in [-0.39, 0.29) is 17.7 Å². The number of benzene rings is 2. The molecule has 0 bridgehead atoms. The molecule has 0 radical (unpaired) electrons. The minimum Gasteiger partial charge on any atom is -0.476 e. The molecule has 0 aromatic heterocycles. The summed E-state index contributed by atoms with van der Waals surface area (Å²) >= 11 is 0. The Bertz CT molecular complexity index is 882. The summed E-state index contributed by atoms with van der Waals surface area (Å²) < 4.78 is 5.66. The van der Waals surface area contributed by atoms with Crippen molar-refractivity contribution < 1.29 is 19.1 Å². The summed E-state index contributed by atoms with van der Waals surface area (Å²) in [5.41, 5.74) is 0.615. The third-order valence-corrected chi connectivity index (χ3v) is 4.18. The van der Waals surface area contributed by atoms with Crippen molar-refractivity contribution in [2.24, 2.45) is 0 Å². The van der Waals surface area contributed by atoms with E-state index in [2.05, 4.69) is 5.32 Å². The summed E-state index contributed by atoms with van der Waals surface area (Å²) in [6.07, 6.45) is 0. The number of nitrogens with one attached hydrogen (secondary N) is 1. The van der Waals surface area contributed by atoms with Crippen LogP contribution in [0.3, 0.4) is 0 Å². The molecule has 0 saturated heterocycles. The van der Waals surface area contributed by atoms with Crippen molar-refractivity contribution in [3.63, 3.8) is 0 Å². The lowest BCUT2D eigenvalue weighted by molar-refractivity contribution is -0.129. The van der Waals surface area contributed by atoms with Gasteiger partial charge in [0.15, 0.2) is 5.60 Å². The van der Waals surface area contributed by atoms with Crippen LogP contribution in [0.5, 0.6) is 5.75 Å². The van der Waals surface area contributed by atoms with Crippen LogP contribution in [0.25, 0.3) is 0 Å². The first-order valence-corrected chi connectivity index (χ1v) is 7.51. The zero-order valence-corrected chi connectivity index (χ0v) is 13.1. The number of rotatable bonds is 1. The molecule has 2 aromatic carbocycles. The van der Waals surface area contributed by atoms with Crippen molar-refractivity contribution >= 4 is 29.1 Å². The molecule has 0 saturated carbocycles. The zero-order chi connectivity index (χ0) is 17.1. The number of nitrogens with zero attached hydrogens (tertiary/aromatic N) is 1. The van der Waals surface area contributed by atoms with Gasteiger partial charge >= 0.3 is 0 Å². The van der Waals surface area contributed by atoms with Crippen LogP contribution in [-0.4, -0.2) is 23.3 Å². The van der Waals surface area contributed by atoms with E-state index in [1.807, 2.05) is 0 Å². The molecular formula is C18H14N2O4. The summed E-state index contributed by atoms with van der Waals surface area (Å²) in [6, 6.07) is 11.5. The van der Waals surface area contributed by atoms with Crippen LogP contribution in [-0.2, 0) is 4.79 Å². The highest BCUT2D eigenvalue weighted by molar-refractivity contribution is 6.34. The second-order valence-electron chi connectivity index (χ2n) is 6.24. The van der Waals surface area contributed by atoms with E-state index in [0.29, 0.717) is 28.3 Å². The van der Waals surface area contributed by atoms with Crippen molar-refractivity contribution in [2.45, 2.75) is 19.4 Å². The Balaban J connectivity index is 1.75. The standard InChI is InChI=1S/C18H14N2O4/c1-18(2)17(23)19-13-9-10(7-8-14(13)24-18)20-15(21)11-5-3-4-6-12(11)16(20)22/h3-9H,1-2H3,(H,19,23). The van der Waals surface area contributed by atoms with Gasteiger partial charge in [0.2, 0.25) is 0 Å². The molecule has 24 heavy (non-hydrogen) atoms. The van der Waals surface area contributed by atoms with Crippen LogP contribution >= 0.6 is 0 Å². The second kappa shape index (κ2) is 4.67. The van der Waals surface area contributed by atoms with Gasteiger partial charge in [0.1, 0.15) is 5.75 Å². The van der Waals surface area contributed by atoms with Gasteiger partial charge in [-0.15, -0.1) is 0 Å². The smallest absolute Gasteiger partial charge is 0.268 e. The van der Waals surface area contributed by atoms with Crippen LogP contribution in [0.2, 0.25) is 0 Å². The Morgan fingerprint density at radius 3 is 2.21 bits per heavy atom. The third kappa shape index (κ3) is 1.93. The molecule has 6 heteroatoms. The number of amides is 3. The fourth-order valence-electron chi connectivity index (χ4n) is 2.86. The van der Waals surface area contributed by atoms with Crippen molar-refractivity contribution in [3.8, 4) is 5.75 Å². The Hall–Kier alpha value is -3.15. The molecule has 0 fully saturated rings. The predicted octanol–water partition coefficient (Wildman–Crippen LogP) is 2.60. The van der Waals surface area contributed by atoms with E-state index in [0.717, 1.165) is 4.90 Å². The maximum Gasteiger partial charge on any atom is 0.268 e. The van der Waals surface area contributed by atoms with Gasteiger partial charge in [-0.1, -0.05) is 12.1 Å². The highest BCUT2D eigenvalue weighted by Gasteiger charge is 2.38. The molecule has 2 aliphatic rings. The van der Waals surface area contributed by atoms with Gasteiger partial charge in [-0.05, 0) is 44.2 Å². The third-order valence-electron chi connectivity index (χ3n) is 4.18. The molecule has 0 spiro atoms. The predicted molar refractivity (Wildman–Crippen MR) is 87.4 cm³/mol. The first-order valence-electron chi connectivity index (χ1n) is 7.51. The van der Waals surface area contributed by atoms with Gasteiger partial charge in [0.05, 0.1) is 22.5 Å². The summed E-state index contributed by atoms with van der Waals surface area (Å²) in [6.45, 7) is 3.34. The molecular weight excluding hydrogens is 308 g/mol. The molecule has 6 nitrogen and oxygen atoms in total. The number of anilines is 2. The lowest BCUT2D eigenvalue weighted by Gasteiger charge is -2.32. The quantitative estimate of drug-likeness (QED) is 0.819. The maximum absolute atomic E-state index is 12.5. The van der Waals surface area contributed by atoms with Crippen LogP contribution in [0.1, 0.15) is 34.6 Å². The van der Waals surface area contributed by atoms with E-state index >= 15 is 0 Å². The van der Waals surface area contributed by atoms with Crippen molar-refractivity contribution in [2.75, 3.05) is 10.2 Å². The van der Waals surface area contributed by atoms with Crippen molar-refractivity contribution in [1.29, 1.82) is 0 Å². The maximum atomic E-state index is 12.5. The molecule has 1 N–H and O–H groups in total. The molecule has 2 heterocycles. The van der Waals surface area contributed by atoms with Gasteiger partial charge in [-0.3, -0.25) is 14.4 Å². The zero-order valence-electron chi connectivity index (χ0n) is 13.1. The number of hydrogen-bond donors (Lipinski definition) is 1. The average Bonchev–Trinajstić information content (AvgIpc) is 2.80. The van der Waals surface area contributed by atoms with Gasteiger partial charge in [-0.2, -0.15) is 0 Å². The first kappa shape index (κ1) is 14.4. The van der Waals surface area contributed by atoms with Gasteiger partial charge in [-0.25, -0.2) is 4.90 Å². The Morgan fingerprint density at radius 2 is 1.58 bits per heavy atom. The number of hydrogen-bond acceptors (Lipinski definition) is 4. The molecule has 0 atom stereocenters. The lowest BCUT2D eigenvalue weighted by Crippen LogP contribution is -2.45. The van der Waals surface area contributed by atoms with Crippen LogP contribution in [0, 0.1) is 0 Å². The van der Waals surface area contributed by atoms with Gasteiger partial charge in [0, 0.05) is 0 Å². The summed E-state index contributed by atoms with van der Waals surface area (Å²) in [7, 11) is 0.